The Bertz CT molecular complexity index is 598. The van der Waals surface area contributed by atoms with Gasteiger partial charge in [0.25, 0.3) is 0 Å². The van der Waals surface area contributed by atoms with Crippen LogP contribution in [0, 0.1) is 5.92 Å². The van der Waals surface area contributed by atoms with E-state index in [1.807, 2.05) is 36.4 Å². The van der Waals surface area contributed by atoms with E-state index in [1.165, 1.54) is 19.3 Å². The SMILES string of the molecule is CN1[C@H]2CC[C@H](C2)[C@H]1C(O)(c1ccccc1)c1ccccc1. The van der Waals surface area contributed by atoms with E-state index >= 15 is 0 Å². The highest BCUT2D eigenvalue weighted by Crippen LogP contribution is 2.50. The third-order valence-electron chi connectivity index (χ3n) is 5.76. The van der Waals surface area contributed by atoms with E-state index in [9.17, 15) is 5.11 Å². The summed E-state index contributed by atoms with van der Waals surface area (Å²) < 4.78 is 0. The van der Waals surface area contributed by atoms with Gasteiger partial charge in [0.05, 0.1) is 0 Å². The smallest absolute Gasteiger partial charge is 0.130 e. The summed E-state index contributed by atoms with van der Waals surface area (Å²) in [7, 11) is 2.19. The molecule has 4 rings (SSSR count). The van der Waals surface area contributed by atoms with Crippen molar-refractivity contribution in [3.05, 3.63) is 71.8 Å². The molecule has 0 amide bonds. The minimum Gasteiger partial charge on any atom is -0.379 e. The van der Waals surface area contributed by atoms with E-state index in [2.05, 4.69) is 36.2 Å². The molecule has 2 bridgehead atoms. The molecular weight excluding hydrogens is 270 g/mol. The number of likely N-dealkylation sites (tertiary alicyclic amines) is 1. The van der Waals surface area contributed by atoms with Crippen molar-refractivity contribution in [3.63, 3.8) is 0 Å². The largest absolute Gasteiger partial charge is 0.379 e. The van der Waals surface area contributed by atoms with Crippen LogP contribution in [0.3, 0.4) is 0 Å². The fourth-order valence-electron chi connectivity index (χ4n) is 4.74. The molecule has 1 aliphatic heterocycles. The first-order chi connectivity index (χ1) is 10.7. The highest BCUT2D eigenvalue weighted by atomic mass is 16.3. The lowest BCUT2D eigenvalue weighted by molar-refractivity contribution is -0.0318. The van der Waals surface area contributed by atoms with Crippen LogP contribution in [0.1, 0.15) is 30.4 Å². The lowest BCUT2D eigenvalue weighted by Gasteiger charge is -2.44. The predicted octanol–water partition coefficient (Wildman–Crippen LogP) is 3.41. The van der Waals surface area contributed by atoms with Crippen LogP contribution < -0.4 is 0 Å². The third kappa shape index (κ3) is 1.94. The molecule has 0 radical (unpaired) electrons. The zero-order valence-corrected chi connectivity index (χ0v) is 13.0. The van der Waals surface area contributed by atoms with Crippen molar-refractivity contribution in [2.24, 2.45) is 5.92 Å². The standard InChI is InChI=1S/C20H23NO/c1-21-18-13-12-15(14-18)19(21)20(22,16-8-4-2-5-9-16)17-10-6-3-7-11-17/h2-11,15,18-19,22H,12-14H2,1H3/t15-,18+,19+/m1/s1. The third-order valence-corrected chi connectivity index (χ3v) is 5.76. The van der Waals surface area contributed by atoms with Gasteiger partial charge in [0.15, 0.2) is 0 Å². The average Bonchev–Trinajstić information content (AvgIpc) is 3.17. The molecule has 1 saturated heterocycles. The number of rotatable bonds is 3. The van der Waals surface area contributed by atoms with E-state index in [4.69, 9.17) is 0 Å². The number of piperidine rings is 1. The normalized spacial score (nSPS) is 28.2. The van der Waals surface area contributed by atoms with Crippen LogP contribution in [0.25, 0.3) is 0 Å². The molecule has 2 aromatic rings. The van der Waals surface area contributed by atoms with Crippen molar-refractivity contribution in [2.45, 2.75) is 36.9 Å². The number of hydrogen-bond donors (Lipinski definition) is 1. The van der Waals surface area contributed by atoms with Gasteiger partial charge in [-0.15, -0.1) is 0 Å². The van der Waals surface area contributed by atoms with Gasteiger partial charge in [-0.05, 0) is 43.4 Å². The summed E-state index contributed by atoms with van der Waals surface area (Å²) in [6, 6.07) is 21.2. The first kappa shape index (κ1) is 14.0. The van der Waals surface area contributed by atoms with Gasteiger partial charge >= 0.3 is 0 Å². The molecule has 2 nitrogen and oxygen atoms in total. The molecule has 0 spiro atoms. The zero-order chi connectivity index (χ0) is 15.2. The second kappa shape index (κ2) is 5.22. The lowest BCUT2D eigenvalue weighted by atomic mass is 9.74. The van der Waals surface area contributed by atoms with Crippen molar-refractivity contribution >= 4 is 0 Å². The van der Waals surface area contributed by atoms with Crippen molar-refractivity contribution in [1.82, 2.24) is 4.90 Å². The minimum absolute atomic E-state index is 0.163. The molecule has 2 fully saturated rings. The average molecular weight is 293 g/mol. The summed E-state index contributed by atoms with van der Waals surface area (Å²) in [6.45, 7) is 0. The summed E-state index contributed by atoms with van der Waals surface area (Å²) in [4.78, 5) is 2.42. The molecule has 2 heteroatoms. The summed E-state index contributed by atoms with van der Waals surface area (Å²) in [5, 5.41) is 11.9. The first-order valence-electron chi connectivity index (χ1n) is 8.26. The lowest BCUT2D eigenvalue weighted by Crippen LogP contribution is -2.53. The van der Waals surface area contributed by atoms with Gasteiger partial charge in [0.1, 0.15) is 5.60 Å². The molecule has 1 saturated carbocycles. The molecular formula is C20H23NO. The summed E-state index contributed by atoms with van der Waals surface area (Å²) >= 11 is 0. The van der Waals surface area contributed by atoms with Gasteiger partial charge in [0.2, 0.25) is 0 Å². The van der Waals surface area contributed by atoms with Gasteiger partial charge in [-0.1, -0.05) is 60.7 Å². The van der Waals surface area contributed by atoms with Crippen LogP contribution in [-0.2, 0) is 5.60 Å². The molecule has 0 unspecified atom stereocenters. The van der Waals surface area contributed by atoms with Gasteiger partial charge in [-0.3, -0.25) is 4.90 Å². The van der Waals surface area contributed by atoms with Crippen LogP contribution >= 0.6 is 0 Å². The highest BCUT2D eigenvalue weighted by molar-refractivity contribution is 5.39. The Balaban J connectivity index is 1.86. The van der Waals surface area contributed by atoms with Crippen LogP contribution in [0.15, 0.2) is 60.7 Å². The van der Waals surface area contributed by atoms with Crippen LogP contribution in [0.5, 0.6) is 0 Å². The Labute approximate surface area is 132 Å². The number of hydrogen-bond acceptors (Lipinski definition) is 2. The van der Waals surface area contributed by atoms with E-state index in [0.717, 1.165) is 11.1 Å². The Hall–Kier alpha value is -1.64. The maximum atomic E-state index is 11.9. The van der Waals surface area contributed by atoms with Gasteiger partial charge in [-0.2, -0.15) is 0 Å². The fraction of sp³-hybridized carbons (Fsp3) is 0.400. The molecule has 3 atom stereocenters. The molecule has 1 heterocycles. The fourth-order valence-corrected chi connectivity index (χ4v) is 4.74. The van der Waals surface area contributed by atoms with Crippen LogP contribution in [-0.4, -0.2) is 29.1 Å². The van der Waals surface area contributed by atoms with E-state index < -0.39 is 5.60 Å². The molecule has 1 N–H and O–H groups in total. The van der Waals surface area contributed by atoms with E-state index in [-0.39, 0.29) is 6.04 Å². The zero-order valence-electron chi connectivity index (χ0n) is 13.0. The second-order valence-electron chi connectivity index (χ2n) is 6.84. The van der Waals surface area contributed by atoms with E-state index in [1.54, 1.807) is 0 Å². The first-order valence-corrected chi connectivity index (χ1v) is 8.26. The molecule has 2 aromatic carbocycles. The molecule has 114 valence electrons. The van der Waals surface area contributed by atoms with Crippen LogP contribution in [0.2, 0.25) is 0 Å². The highest BCUT2D eigenvalue weighted by Gasteiger charge is 2.54. The Morgan fingerprint density at radius 3 is 1.91 bits per heavy atom. The maximum absolute atomic E-state index is 11.9. The van der Waals surface area contributed by atoms with Crippen molar-refractivity contribution in [3.8, 4) is 0 Å². The maximum Gasteiger partial charge on any atom is 0.130 e. The number of benzene rings is 2. The Morgan fingerprint density at radius 1 is 0.909 bits per heavy atom. The minimum atomic E-state index is -0.933. The van der Waals surface area contributed by atoms with Gasteiger partial charge in [-0.25, -0.2) is 0 Å². The number of likely N-dealkylation sites (N-methyl/N-ethyl adjacent to an activating group) is 1. The predicted molar refractivity (Wildman–Crippen MR) is 88.6 cm³/mol. The monoisotopic (exact) mass is 293 g/mol. The van der Waals surface area contributed by atoms with Gasteiger partial charge < -0.3 is 5.11 Å². The van der Waals surface area contributed by atoms with Gasteiger partial charge in [0, 0.05) is 12.1 Å². The summed E-state index contributed by atoms with van der Waals surface area (Å²) in [5.74, 6) is 0.584. The molecule has 1 aliphatic carbocycles. The van der Waals surface area contributed by atoms with Crippen molar-refractivity contribution < 1.29 is 5.11 Å². The second-order valence-corrected chi connectivity index (χ2v) is 6.84. The van der Waals surface area contributed by atoms with Crippen molar-refractivity contribution in [2.75, 3.05) is 7.05 Å². The quantitative estimate of drug-likeness (QED) is 0.937. The molecule has 2 aliphatic rings. The number of nitrogens with zero attached hydrogens (tertiary/aromatic N) is 1. The Morgan fingerprint density at radius 2 is 1.45 bits per heavy atom. The summed E-state index contributed by atoms with van der Waals surface area (Å²) in [5.41, 5.74) is 1.08. The molecule has 22 heavy (non-hydrogen) atoms. The molecule has 0 aromatic heterocycles. The topological polar surface area (TPSA) is 23.5 Å². The number of aliphatic hydroxyl groups is 1. The summed E-state index contributed by atoms with van der Waals surface area (Å²) in [6.07, 6.45) is 3.74. The Kier molecular flexibility index (Phi) is 3.32. The van der Waals surface area contributed by atoms with Crippen molar-refractivity contribution in [1.29, 1.82) is 0 Å². The van der Waals surface area contributed by atoms with E-state index in [0.29, 0.717) is 12.0 Å². The number of fused-ring (bicyclic) bond motifs is 2. The van der Waals surface area contributed by atoms with Crippen LogP contribution in [0.4, 0.5) is 0 Å².